The summed E-state index contributed by atoms with van der Waals surface area (Å²) in [4.78, 5) is 0. The monoisotopic (exact) mass is 187 g/mol. The zero-order chi connectivity index (χ0) is 10.6. The first-order chi connectivity index (χ1) is 6.67. The van der Waals surface area contributed by atoms with Gasteiger partial charge in [0.1, 0.15) is 0 Å². The fraction of sp³-hybridized carbons (Fsp3) is 0.231. The number of aryl methyl sites for hydroxylation is 2. The maximum atomic E-state index is 5.40. The Morgan fingerprint density at radius 1 is 1.14 bits per heavy atom. The molecule has 1 aromatic rings. The normalized spacial score (nSPS) is 12.4. The molecule has 14 heavy (non-hydrogen) atoms. The Labute approximate surface area is 85.9 Å². The number of rotatable bonds is 2. The smallest absolute Gasteiger partial charge is 0.00563 e. The van der Waals surface area contributed by atoms with Crippen LogP contribution in [0.2, 0.25) is 0 Å². The maximum Gasteiger partial charge on any atom is -0.00563 e. The Morgan fingerprint density at radius 2 is 1.71 bits per heavy atom. The molecule has 0 spiro atoms. The quantitative estimate of drug-likeness (QED) is 0.707. The average Bonchev–Trinajstić information content (AvgIpc) is 2.12. The van der Waals surface area contributed by atoms with Gasteiger partial charge in [-0.05, 0) is 44.2 Å². The number of benzene rings is 1. The van der Waals surface area contributed by atoms with E-state index in [1.807, 2.05) is 13.0 Å². The van der Waals surface area contributed by atoms with Crippen molar-refractivity contribution >= 4 is 5.57 Å². The lowest BCUT2D eigenvalue weighted by atomic mass is 10.0. The van der Waals surface area contributed by atoms with Crippen molar-refractivity contribution in [3.8, 4) is 0 Å². The third-order valence-electron chi connectivity index (χ3n) is 2.14. The maximum absolute atomic E-state index is 5.40. The van der Waals surface area contributed by atoms with Crippen LogP contribution in [0.1, 0.15) is 23.6 Å². The summed E-state index contributed by atoms with van der Waals surface area (Å²) in [7, 11) is 0. The van der Waals surface area contributed by atoms with Crippen molar-refractivity contribution in [2.75, 3.05) is 0 Å². The molecule has 0 aromatic heterocycles. The fourth-order valence-electron chi connectivity index (χ4n) is 1.60. The van der Waals surface area contributed by atoms with Gasteiger partial charge in [0.05, 0.1) is 0 Å². The molecular formula is C13H17N. The lowest BCUT2D eigenvalue weighted by Crippen LogP contribution is -1.86. The van der Waals surface area contributed by atoms with Gasteiger partial charge in [0, 0.05) is 0 Å². The van der Waals surface area contributed by atoms with Gasteiger partial charge in [0.25, 0.3) is 0 Å². The second kappa shape index (κ2) is 4.66. The molecule has 0 amide bonds. The van der Waals surface area contributed by atoms with E-state index in [2.05, 4.69) is 38.1 Å². The average molecular weight is 187 g/mol. The summed E-state index contributed by atoms with van der Waals surface area (Å²) in [5.41, 5.74) is 10.4. The molecule has 74 valence electrons. The summed E-state index contributed by atoms with van der Waals surface area (Å²) in [6.07, 6.45) is 5.57. The van der Waals surface area contributed by atoms with Crippen molar-refractivity contribution in [1.82, 2.24) is 0 Å². The third-order valence-corrected chi connectivity index (χ3v) is 2.14. The molecule has 0 radical (unpaired) electrons. The summed E-state index contributed by atoms with van der Waals surface area (Å²) in [6.45, 7) is 6.24. The van der Waals surface area contributed by atoms with Crippen LogP contribution < -0.4 is 5.73 Å². The second-order valence-corrected chi connectivity index (χ2v) is 3.48. The highest BCUT2D eigenvalue weighted by Gasteiger charge is 1.98. The second-order valence-electron chi connectivity index (χ2n) is 3.48. The topological polar surface area (TPSA) is 26.0 Å². The van der Waals surface area contributed by atoms with Crippen LogP contribution in [0, 0.1) is 13.8 Å². The fourth-order valence-corrected chi connectivity index (χ4v) is 1.60. The van der Waals surface area contributed by atoms with Gasteiger partial charge in [-0.25, -0.2) is 0 Å². The number of hydrogen-bond acceptors (Lipinski definition) is 1. The van der Waals surface area contributed by atoms with E-state index in [0.29, 0.717) is 0 Å². The predicted octanol–water partition coefficient (Wildman–Crippen LogP) is 3.18. The molecule has 0 aliphatic rings. The molecule has 1 nitrogen and oxygen atoms in total. The molecule has 0 saturated heterocycles. The van der Waals surface area contributed by atoms with Crippen LogP contribution in [0.5, 0.6) is 0 Å². The molecule has 0 heterocycles. The molecule has 1 aromatic carbocycles. The standard InChI is InChI=1S/C13H17N/c1-4-12(5-6-14)13-8-10(2)7-11(3)9-13/h4-9H,14H2,1-3H3/b6-5-,12-4+. The van der Waals surface area contributed by atoms with Crippen molar-refractivity contribution < 1.29 is 0 Å². The predicted molar refractivity (Wildman–Crippen MR) is 62.9 cm³/mol. The van der Waals surface area contributed by atoms with Gasteiger partial charge in [-0.2, -0.15) is 0 Å². The van der Waals surface area contributed by atoms with E-state index < -0.39 is 0 Å². The molecule has 2 N–H and O–H groups in total. The van der Waals surface area contributed by atoms with Gasteiger partial charge >= 0.3 is 0 Å². The van der Waals surface area contributed by atoms with Crippen molar-refractivity contribution in [3.63, 3.8) is 0 Å². The van der Waals surface area contributed by atoms with E-state index >= 15 is 0 Å². The minimum atomic E-state index is 1.17. The first kappa shape index (κ1) is 10.6. The summed E-state index contributed by atoms with van der Waals surface area (Å²) in [5.74, 6) is 0. The minimum Gasteiger partial charge on any atom is -0.405 e. The van der Waals surface area contributed by atoms with Crippen LogP contribution in [0.3, 0.4) is 0 Å². The van der Waals surface area contributed by atoms with Crippen LogP contribution in [0.4, 0.5) is 0 Å². The highest BCUT2D eigenvalue weighted by atomic mass is 14.5. The molecule has 0 aliphatic heterocycles. The lowest BCUT2D eigenvalue weighted by Gasteiger charge is -2.05. The Bertz CT molecular complexity index is 353. The number of nitrogens with two attached hydrogens (primary N) is 1. The minimum absolute atomic E-state index is 1.17. The Morgan fingerprint density at radius 3 is 2.14 bits per heavy atom. The summed E-state index contributed by atoms with van der Waals surface area (Å²) >= 11 is 0. The first-order valence-corrected chi connectivity index (χ1v) is 4.80. The van der Waals surface area contributed by atoms with E-state index in [-0.39, 0.29) is 0 Å². The molecule has 0 atom stereocenters. The molecule has 0 aliphatic carbocycles. The molecule has 0 saturated carbocycles. The van der Waals surface area contributed by atoms with Crippen molar-refractivity contribution in [2.24, 2.45) is 5.73 Å². The SMILES string of the molecule is C/C=C(\C=C/N)c1cc(C)cc(C)c1. The van der Waals surface area contributed by atoms with Crippen LogP contribution in [-0.2, 0) is 0 Å². The van der Waals surface area contributed by atoms with Crippen molar-refractivity contribution in [2.45, 2.75) is 20.8 Å². The van der Waals surface area contributed by atoms with Gasteiger partial charge in [-0.15, -0.1) is 0 Å². The molecule has 0 unspecified atom stereocenters. The Kier molecular flexibility index (Phi) is 3.52. The molecule has 0 bridgehead atoms. The van der Waals surface area contributed by atoms with Gasteiger partial charge in [-0.1, -0.05) is 35.4 Å². The molecule has 1 heteroatoms. The zero-order valence-electron chi connectivity index (χ0n) is 9.04. The summed E-state index contributed by atoms with van der Waals surface area (Å²) < 4.78 is 0. The Balaban J connectivity index is 3.17. The van der Waals surface area contributed by atoms with Gasteiger partial charge < -0.3 is 5.73 Å². The number of hydrogen-bond donors (Lipinski definition) is 1. The van der Waals surface area contributed by atoms with E-state index in [0.717, 1.165) is 0 Å². The van der Waals surface area contributed by atoms with E-state index in [1.54, 1.807) is 6.20 Å². The molecular weight excluding hydrogens is 170 g/mol. The van der Waals surface area contributed by atoms with Gasteiger partial charge in [0.2, 0.25) is 0 Å². The van der Waals surface area contributed by atoms with Crippen molar-refractivity contribution in [1.29, 1.82) is 0 Å². The number of allylic oxidation sites excluding steroid dienone is 3. The lowest BCUT2D eigenvalue weighted by molar-refractivity contribution is 1.36. The van der Waals surface area contributed by atoms with E-state index in [9.17, 15) is 0 Å². The first-order valence-electron chi connectivity index (χ1n) is 4.80. The summed E-state index contributed by atoms with van der Waals surface area (Å²) in [6, 6.07) is 6.51. The zero-order valence-corrected chi connectivity index (χ0v) is 9.04. The Hall–Kier alpha value is -1.50. The highest BCUT2D eigenvalue weighted by molar-refractivity contribution is 5.74. The largest absolute Gasteiger partial charge is 0.405 e. The highest BCUT2D eigenvalue weighted by Crippen LogP contribution is 2.18. The van der Waals surface area contributed by atoms with Crippen LogP contribution in [-0.4, -0.2) is 0 Å². The van der Waals surface area contributed by atoms with Crippen LogP contribution in [0.25, 0.3) is 5.57 Å². The van der Waals surface area contributed by atoms with E-state index in [4.69, 9.17) is 5.73 Å². The van der Waals surface area contributed by atoms with Crippen LogP contribution in [0.15, 0.2) is 36.6 Å². The van der Waals surface area contributed by atoms with Crippen LogP contribution >= 0.6 is 0 Å². The summed E-state index contributed by atoms with van der Waals surface area (Å²) in [5, 5.41) is 0. The molecule has 1 rings (SSSR count). The van der Waals surface area contributed by atoms with E-state index in [1.165, 1.54) is 22.3 Å². The molecule has 0 fully saturated rings. The third kappa shape index (κ3) is 2.49. The van der Waals surface area contributed by atoms with Gasteiger partial charge in [-0.3, -0.25) is 0 Å². The van der Waals surface area contributed by atoms with Crippen molar-refractivity contribution in [3.05, 3.63) is 53.2 Å². The van der Waals surface area contributed by atoms with Gasteiger partial charge in [0.15, 0.2) is 0 Å².